The molecular weight excluding hydrogens is 859 g/mol. The fraction of sp³-hybridized carbons (Fsp3) is 0. The van der Waals surface area contributed by atoms with E-state index in [0.29, 0.717) is 11.6 Å². The van der Waals surface area contributed by atoms with Gasteiger partial charge in [0.1, 0.15) is 12.7 Å². The lowest BCUT2D eigenvalue weighted by atomic mass is 9.92. The molecule has 0 radical (unpaired) electrons. The van der Waals surface area contributed by atoms with Gasteiger partial charge in [-0.2, -0.15) is 10.2 Å². The second kappa shape index (κ2) is 18.5. The summed E-state index contributed by atoms with van der Waals surface area (Å²) in [6.07, 6.45) is 8.78. The van der Waals surface area contributed by atoms with Gasteiger partial charge in [0.25, 0.3) is 0 Å². The van der Waals surface area contributed by atoms with Gasteiger partial charge in [0.2, 0.25) is 0 Å². The highest BCUT2D eigenvalue weighted by Gasteiger charge is 2.19. The van der Waals surface area contributed by atoms with Crippen molar-refractivity contribution in [3.63, 3.8) is 0 Å². The first-order valence-corrected chi connectivity index (χ1v) is 23.0. The number of nitrogens with zero attached hydrogens (tertiary/aromatic N) is 9. The van der Waals surface area contributed by atoms with E-state index >= 15 is 0 Å². The van der Waals surface area contributed by atoms with Gasteiger partial charge < -0.3 is 0 Å². The van der Waals surface area contributed by atoms with Crippen LogP contribution >= 0.6 is 0 Å². The molecule has 330 valence electrons. The minimum absolute atomic E-state index is 0.648. The molecule has 7 aromatic carbocycles. The van der Waals surface area contributed by atoms with Crippen LogP contribution < -0.4 is 0 Å². The van der Waals surface area contributed by atoms with E-state index in [-0.39, 0.29) is 0 Å². The summed E-state index contributed by atoms with van der Waals surface area (Å²) >= 11 is 0. The first-order chi connectivity index (χ1) is 34.7. The summed E-state index contributed by atoms with van der Waals surface area (Å²) in [7, 11) is 0. The van der Waals surface area contributed by atoms with Gasteiger partial charge in [-0.15, -0.1) is 0 Å². The molecule has 0 fully saturated rings. The zero-order valence-corrected chi connectivity index (χ0v) is 37.7. The molecule has 0 N–H and O–H groups in total. The monoisotopic (exact) mass is 899 g/mol. The Bertz CT molecular complexity index is 3580. The zero-order chi connectivity index (χ0) is 46.6. The Morgan fingerprint density at radius 2 is 0.629 bits per heavy atom. The van der Waals surface area contributed by atoms with Crippen LogP contribution in [0.3, 0.4) is 0 Å². The van der Waals surface area contributed by atoms with Gasteiger partial charge in [0, 0.05) is 39.6 Å². The van der Waals surface area contributed by atoms with Crippen LogP contribution in [0.25, 0.3) is 112 Å². The molecule has 0 amide bonds. The number of hydrogen-bond donors (Lipinski definition) is 0. The largest absolute Gasteiger partial charge is 0.256 e. The quantitative estimate of drug-likeness (QED) is 0.127. The van der Waals surface area contributed by atoms with Gasteiger partial charge >= 0.3 is 0 Å². The van der Waals surface area contributed by atoms with Crippen LogP contribution in [0.2, 0.25) is 0 Å². The smallest absolute Gasteiger partial charge is 0.163 e. The number of aromatic nitrogens is 9. The Labute approximate surface area is 404 Å². The van der Waals surface area contributed by atoms with E-state index in [9.17, 15) is 0 Å². The van der Waals surface area contributed by atoms with E-state index in [0.717, 1.165) is 89.7 Å². The normalized spacial score (nSPS) is 11.1. The zero-order valence-electron chi connectivity index (χ0n) is 37.7. The van der Waals surface area contributed by atoms with Crippen molar-refractivity contribution >= 4 is 0 Å². The maximum Gasteiger partial charge on any atom is 0.163 e. The second-order valence-electron chi connectivity index (χ2n) is 16.8. The van der Waals surface area contributed by atoms with E-state index in [1.54, 1.807) is 12.7 Å². The van der Waals surface area contributed by atoms with Crippen molar-refractivity contribution < 1.29 is 0 Å². The lowest BCUT2D eigenvalue weighted by Crippen LogP contribution is -2.03. The first kappa shape index (κ1) is 41.7. The fourth-order valence-corrected chi connectivity index (χ4v) is 8.93. The number of benzene rings is 7. The average molecular weight is 900 g/mol. The van der Waals surface area contributed by atoms with Crippen molar-refractivity contribution in [1.82, 2.24) is 44.5 Å². The standard InChI is InChI=1S/C61H41N9/c1-4-13-42(14-5-1)43-23-25-44(26-24-43)47-19-12-20-48(33-47)59-30-27-49(37-62-59)55-21-10-11-22-56(55)50-34-51(60-65-40-67-69(60)53-28-31-57(63-38-53)45-15-6-2-7-16-45)36-52(35-50)61-66-41-68-70(61)54-29-32-58(64-39-54)46-17-8-3-9-18-46/h1-41H. The molecule has 0 aliphatic carbocycles. The van der Waals surface area contributed by atoms with Gasteiger partial charge in [0.05, 0.1) is 40.9 Å². The maximum absolute atomic E-state index is 5.05. The lowest BCUT2D eigenvalue weighted by molar-refractivity contribution is 0.878. The SMILES string of the molecule is c1ccc(-c2ccc(-c3cccc(-c4ccc(-c5ccccc5-c5cc(-c6ncnn6-c6ccc(-c7ccccc7)nc6)cc(-c6ncnn6-c6ccc(-c7ccccc7)nc6)c5)cn4)c3)cc2)cc1. The minimum Gasteiger partial charge on any atom is -0.256 e. The summed E-state index contributed by atoms with van der Waals surface area (Å²) in [6, 6.07) is 75.2. The highest BCUT2D eigenvalue weighted by atomic mass is 15.3. The van der Waals surface area contributed by atoms with Crippen LogP contribution in [0.15, 0.2) is 250 Å². The molecule has 12 rings (SSSR count). The number of pyridine rings is 3. The Balaban J connectivity index is 0.913. The van der Waals surface area contributed by atoms with E-state index in [1.807, 2.05) is 94.7 Å². The maximum atomic E-state index is 5.05. The Hall–Kier alpha value is -9.73. The topological polar surface area (TPSA) is 100 Å². The molecule has 12 aromatic rings. The number of hydrogen-bond acceptors (Lipinski definition) is 7. The molecule has 0 bridgehead atoms. The van der Waals surface area contributed by atoms with Gasteiger partial charge in [-0.05, 0) is 93.5 Å². The van der Waals surface area contributed by atoms with E-state index in [4.69, 9.17) is 35.1 Å². The van der Waals surface area contributed by atoms with E-state index < -0.39 is 0 Å². The van der Waals surface area contributed by atoms with Crippen molar-refractivity contribution in [3.05, 3.63) is 250 Å². The summed E-state index contributed by atoms with van der Waals surface area (Å²) in [5, 5.41) is 9.42. The highest BCUT2D eigenvalue weighted by molar-refractivity contribution is 5.88. The molecule has 0 aliphatic heterocycles. The molecule has 5 heterocycles. The molecule has 0 aliphatic rings. The van der Waals surface area contributed by atoms with Crippen LogP contribution in [0.4, 0.5) is 0 Å². The van der Waals surface area contributed by atoms with E-state index in [1.165, 1.54) is 11.1 Å². The van der Waals surface area contributed by atoms with Crippen molar-refractivity contribution in [2.75, 3.05) is 0 Å². The van der Waals surface area contributed by atoms with Crippen molar-refractivity contribution in [1.29, 1.82) is 0 Å². The second-order valence-corrected chi connectivity index (χ2v) is 16.8. The average Bonchev–Trinajstić information content (AvgIpc) is 4.16. The number of rotatable bonds is 11. The third-order valence-corrected chi connectivity index (χ3v) is 12.5. The molecule has 0 saturated carbocycles. The molecule has 70 heavy (non-hydrogen) atoms. The molecule has 9 nitrogen and oxygen atoms in total. The molecule has 0 spiro atoms. The van der Waals surface area contributed by atoms with Crippen LogP contribution in [0, 0.1) is 0 Å². The molecule has 0 saturated heterocycles. The predicted octanol–water partition coefficient (Wildman–Crippen LogP) is 14.0. The molecule has 0 unspecified atom stereocenters. The van der Waals surface area contributed by atoms with Crippen LogP contribution in [-0.2, 0) is 0 Å². The van der Waals surface area contributed by atoms with Crippen molar-refractivity contribution in [2.24, 2.45) is 0 Å². The summed E-state index contributed by atoms with van der Waals surface area (Å²) in [6.45, 7) is 0. The van der Waals surface area contributed by atoms with Gasteiger partial charge in [-0.25, -0.2) is 19.3 Å². The third-order valence-electron chi connectivity index (χ3n) is 12.5. The Kier molecular flexibility index (Phi) is 11.0. The minimum atomic E-state index is 0.648. The summed E-state index contributed by atoms with van der Waals surface area (Å²) in [5.74, 6) is 1.30. The predicted molar refractivity (Wildman–Crippen MR) is 279 cm³/mol. The highest BCUT2D eigenvalue weighted by Crippen LogP contribution is 2.38. The summed E-state index contributed by atoms with van der Waals surface area (Å²) in [4.78, 5) is 24.4. The summed E-state index contributed by atoms with van der Waals surface area (Å²) in [5.41, 5.74) is 17.7. The van der Waals surface area contributed by atoms with Gasteiger partial charge in [-0.1, -0.05) is 164 Å². The summed E-state index contributed by atoms with van der Waals surface area (Å²) < 4.78 is 3.65. The van der Waals surface area contributed by atoms with Gasteiger partial charge in [0.15, 0.2) is 11.6 Å². The van der Waals surface area contributed by atoms with Crippen LogP contribution in [-0.4, -0.2) is 44.5 Å². The Morgan fingerprint density at radius 3 is 1.14 bits per heavy atom. The van der Waals surface area contributed by atoms with Crippen molar-refractivity contribution in [3.8, 4) is 112 Å². The van der Waals surface area contributed by atoms with Crippen molar-refractivity contribution in [2.45, 2.75) is 0 Å². The van der Waals surface area contributed by atoms with Crippen LogP contribution in [0.1, 0.15) is 0 Å². The fourth-order valence-electron chi connectivity index (χ4n) is 8.93. The third kappa shape index (κ3) is 8.35. The molecular formula is C61H41N9. The molecule has 0 atom stereocenters. The van der Waals surface area contributed by atoms with Crippen LogP contribution in [0.5, 0.6) is 0 Å². The molecule has 5 aromatic heterocycles. The van der Waals surface area contributed by atoms with E-state index in [2.05, 4.69) is 152 Å². The Morgan fingerprint density at radius 1 is 0.243 bits per heavy atom. The van der Waals surface area contributed by atoms with Gasteiger partial charge in [-0.3, -0.25) is 15.0 Å². The first-order valence-electron chi connectivity index (χ1n) is 23.0. The molecule has 9 heteroatoms. The lowest BCUT2D eigenvalue weighted by Gasteiger charge is -2.15.